The lowest BCUT2D eigenvalue weighted by Gasteiger charge is -2.23. The number of rotatable bonds is 3. The van der Waals surface area contributed by atoms with Crippen molar-refractivity contribution in [2.75, 3.05) is 6.61 Å². The molecule has 0 radical (unpaired) electrons. The Morgan fingerprint density at radius 3 is 2.56 bits per heavy atom. The molecule has 0 heterocycles. The van der Waals surface area contributed by atoms with Crippen molar-refractivity contribution in [2.45, 2.75) is 18.9 Å². The van der Waals surface area contributed by atoms with Crippen molar-refractivity contribution >= 4 is 11.6 Å². The summed E-state index contributed by atoms with van der Waals surface area (Å²) in [5.74, 6) is -4.52. The smallest absolute Gasteiger partial charge is 0.289 e. The average molecular weight is 254 g/mol. The van der Waals surface area contributed by atoms with E-state index in [0.717, 1.165) is 6.07 Å². The van der Waals surface area contributed by atoms with Crippen LogP contribution < -0.4 is 5.73 Å². The number of aliphatic hydroxyl groups excluding tert-OH is 1. The van der Waals surface area contributed by atoms with Gasteiger partial charge in [-0.3, -0.25) is 0 Å². The van der Waals surface area contributed by atoms with Crippen LogP contribution in [0.15, 0.2) is 12.1 Å². The van der Waals surface area contributed by atoms with Crippen LogP contribution in [0.1, 0.15) is 17.2 Å². The van der Waals surface area contributed by atoms with Gasteiger partial charge in [-0.15, -0.1) is 0 Å². The van der Waals surface area contributed by atoms with Crippen molar-refractivity contribution in [1.29, 1.82) is 0 Å². The van der Waals surface area contributed by atoms with Gasteiger partial charge in [0, 0.05) is 5.56 Å². The second-order valence-electron chi connectivity index (χ2n) is 3.49. The van der Waals surface area contributed by atoms with Gasteiger partial charge in [-0.25, -0.2) is 13.2 Å². The minimum absolute atomic E-state index is 0.138. The van der Waals surface area contributed by atoms with E-state index >= 15 is 0 Å². The number of aliphatic hydroxyl groups is 1. The minimum Gasteiger partial charge on any atom is -0.390 e. The van der Waals surface area contributed by atoms with Gasteiger partial charge in [0.05, 0.1) is 5.02 Å². The van der Waals surface area contributed by atoms with Crippen molar-refractivity contribution in [2.24, 2.45) is 5.73 Å². The fourth-order valence-electron chi connectivity index (χ4n) is 1.27. The second-order valence-corrected chi connectivity index (χ2v) is 3.87. The number of benzene rings is 1. The summed E-state index contributed by atoms with van der Waals surface area (Å²) >= 11 is 5.72. The molecule has 1 rings (SSSR count). The van der Waals surface area contributed by atoms with Crippen LogP contribution in [0.2, 0.25) is 5.02 Å². The molecule has 0 fully saturated rings. The van der Waals surface area contributed by atoms with E-state index in [9.17, 15) is 13.2 Å². The molecular weight excluding hydrogens is 243 g/mol. The quantitative estimate of drug-likeness (QED) is 0.869. The molecule has 0 saturated heterocycles. The number of aryl methyl sites for hydroxylation is 1. The molecule has 16 heavy (non-hydrogen) atoms. The summed E-state index contributed by atoms with van der Waals surface area (Å²) < 4.78 is 39.6. The van der Waals surface area contributed by atoms with Gasteiger partial charge in [-0.2, -0.15) is 0 Å². The minimum atomic E-state index is -3.61. The van der Waals surface area contributed by atoms with Gasteiger partial charge in [0.1, 0.15) is 18.5 Å². The van der Waals surface area contributed by atoms with E-state index in [2.05, 4.69) is 0 Å². The highest BCUT2D eigenvalue weighted by atomic mass is 35.5. The van der Waals surface area contributed by atoms with Crippen LogP contribution in [0.5, 0.6) is 0 Å². The van der Waals surface area contributed by atoms with E-state index in [1.807, 2.05) is 0 Å². The van der Waals surface area contributed by atoms with Crippen molar-refractivity contribution in [3.8, 4) is 0 Å². The topological polar surface area (TPSA) is 46.2 Å². The molecule has 1 aromatic carbocycles. The van der Waals surface area contributed by atoms with Crippen molar-refractivity contribution < 1.29 is 18.3 Å². The molecule has 0 amide bonds. The van der Waals surface area contributed by atoms with Crippen molar-refractivity contribution in [1.82, 2.24) is 0 Å². The summed E-state index contributed by atoms with van der Waals surface area (Å²) in [6.45, 7) is 0.0902. The van der Waals surface area contributed by atoms with Gasteiger partial charge in [0.2, 0.25) is 0 Å². The predicted molar refractivity (Wildman–Crippen MR) is 55.1 cm³/mol. The fraction of sp³-hybridized carbons (Fsp3) is 0.400. The molecular formula is C10H11ClF3NO. The normalized spacial score (nSPS) is 13.9. The number of hydrogen-bond donors (Lipinski definition) is 2. The lowest BCUT2D eigenvalue weighted by atomic mass is 9.99. The van der Waals surface area contributed by atoms with Crippen LogP contribution in [-0.4, -0.2) is 17.6 Å². The molecule has 0 saturated carbocycles. The molecule has 1 aromatic rings. The summed E-state index contributed by atoms with van der Waals surface area (Å²) in [6, 6.07) is 0.416. The summed E-state index contributed by atoms with van der Waals surface area (Å²) in [6.07, 6.45) is 0. The van der Waals surface area contributed by atoms with Gasteiger partial charge in [0.15, 0.2) is 0 Å². The van der Waals surface area contributed by atoms with Crippen molar-refractivity contribution in [3.63, 3.8) is 0 Å². The molecule has 6 heteroatoms. The van der Waals surface area contributed by atoms with E-state index in [4.69, 9.17) is 22.4 Å². The molecule has 0 aromatic heterocycles. The highest BCUT2D eigenvalue weighted by Gasteiger charge is 2.40. The van der Waals surface area contributed by atoms with Crippen LogP contribution in [0.3, 0.4) is 0 Å². The number of alkyl halides is 2. The third-order valence-corrected chi connectivity index (χ3v) is 2.80. The maximum Gasteiger partial charge on any atom is 0.289 e. The fourth-order valence-corrected chi connectivity index (χ4v) is 1.54. The Morgan fingerprint density at radius 2 is 2.06 bits per heavy atom. The Morgan fingerprint density at radius 1 is 1.50 bits per heavy atom. The Bertz CT molecular complexity index is 398. The molecule has 3 N–H and O–H groups in total. The summed E-state index contributed by atoms with van der Waals surface area (Å²) in [4.78, 5) is 0. The zero-order valence-corrected chi connectivity index (χ0v) is 9.23. The van der Waals surface area contributed by atoms with Crippen LogP contribution in [0, 0.1) is 12.7 Å². The molecule has 2 nitrogen and oxygen atoms in total. The maximum atomic E-state index is 13.4. The molecule has 90 valence electrons. The molecule has 0 aliphatic rings. The van der Waals surface area contributed by atoms with Gasteiger partial charge in [-0.1, -0.05) is 17.7 Å². The standard InChI is InChI=1S/C10H11ClF3NO/c1-5-2-3-6(12)7(8(5)11)9(15)10(13,14)4-16/h2-3,9,16H,4,15H2,1H3/t9-/m0/s1. The van der Waals surface area contributed by atoms with Crippen LogP contribution in [0.25, 0.3) is 0 Å². The summed E-state index contributed by atoms with van der Waals surface area (Å²) in [5, 5.41) is 8.34. The highest BCUT2D eigenvalue weighted by Crippen LogP contribution is 2.35. The lowest BCUT2D eigenvalue weighted by Crippen LogP contribution is -2.37. The third-order valence-electron chi connectivity index (χ3n) is 2.30. The van der Waals surface area contributed by atoms with E-state index in [1.165, 1.54) is 6.07 Å². The Kier molecular flexibility index (Phi) is 3.83. The van der Waals surface area contributed by atoms with Gasteiger partial charge in [-0.05, 0) is 18.6 Å². The largest absolute Gasteiger partial charge is 0.390 e. The van der Waals surface area contributed by atoms with Gasteiger partial charge < -0.3 is 10.8 Å². The lowest BCUT2D eigenvalue weighted by molar-refractivity contribution is -0.0718. The molecule has 0 bridgehead atoms. The number of hydrogen-bond acceptors (Lipinski definition) is 2. The second kappa shape index (κ2) is 4.61. The third kappa shape index (κ3) is 2.31. The average Bonchev–Trinajstić information content (AvgIpc) is 2.24. The van der Waals surface area contributed by atoms with E-state index in [0.29, 0.717) is 5.56 Å². The molecule has 0 unspecified atom stereocenters. The zero-order chi connectivity index (χ0) is 12.5. The first-order chi connectivity index (χ1) is 7.31. The van der Waals surface area contributed by atoms with E-state index in [1.54, 1.807) is 6.92 Å². The maximum absolute atomic E-state index is 13.4. The highest BCUT2D eigenvalue weighted by molar-refractivity contribution is 6.32. The number of halogens is 4. The van der Waals surface area contributed by atoms with Crippen LogP contribution in [-0.2, 0) is 0 Å². The first-order valence-corrected chi connectivity index (χ1v) is 4.88. The first-order valence-electron chi connectivity index (χ1n) is 4.50. The molecule has 1 atom stereocenters. The zero-order valence-electron chi connectivity index (χ0n) is 8.48. The monoisotopic (exact) mass is 253 g/mol. The predicted octanol–water partition coefficient (Wildman–Crippen LogP) is 2.41. The van der Waals surface area contributed by atoms with E-state index in [-0.39, 0.29) is 5.02 Å². The summed E-state index contributed by atoms with van der Waals surface area (Å²) in [7, 11) is 0. The van der Waals surface area contributed by atoms with Gasteiger partial charge in [0.25, 0.3) is 5.92 Å². The number of nitrogens with two attached hydrogens (primary N) is 1. The molecule has 0 spiro atoms. The first kappa shape index (κ1) is 13.3. The van der Waals surface area contributed by atoms with E-state index < -0.39 is 30.0 Å². The van der Waals surface area contributed by atoms with Gasteiger partial charge >= 0.3 is 0 Å². The Hall–Kier alpha value is -0.780. The van der Waals surface area contributed by atoms with Crippen LogP contribution >= 0.6 is 11.6 Å². The van der Waals surface area contributed by atoms with Crippen LogP contribution in [0.4, 0.5) is 13.2 Å². The molecule has 0 aliphatic heterocycles. The van der Waals surface area contributed by atoms with Crippen molar-refractivity contribution in [3.05, 3.63) is 34.1 Å². The SMILES string of the molecule is Cc1ccc(F)c([C@H](N)C(F)(F)CO)c1Cl. The molecule has 0 aliphatic carbocycles. The Labute approximate surface area is 95.8 Å². The Balaban J connectivity index is 3.28. The summed E-state index contributed by atoms with van der Waals surface area (Å²) in [5.41, 5.74) is 5.19.